The molecule has 0 bridgehead atoms. The van der Waals surface area contributed by atoms with Gasteiger partial charge in [-0.25, -0.2) is 4.79 Å². The fraction of sp³-hybridized carbons (Fsp3) is 0.500. The highest BCUT2D eigenvalue weighted by Crippen LogP contribution is 2.17. The third kappa shape index (κ3) is 1.03. The fourth-order valence-corrected chi connectivity index (χ4v) is 0.957. The molecular formula is C6H9NO3. The number of aliphatic hydroxyl groups excluding tert-OH is 1. The molecule has 56 valence electrons. The van der Waals surface area contributed by atoms with E-state index in [1.165, 1.54) is 6.08 Å². The van der Waals surface area contributed by atoms with Crippen LogP contribution in [0.4, 0.5) is 0 Å². The summed E-state index contributed by atoms with van der Waals surface area (Å²) in [5, 5.41) is 17.5. The van der Waals surface area contributed by atoms with Crippen molar-refractivity contribution in [3.63, 3.8) is 0 Å². The zero-order valence-electron chi connectivity index (χ0n) is 5.32. The molecule has 0 aromatic carbocycles. The summed E-state index contributed by atoms with van der Waals surface area (Å²) in [7, 11) is 0. The molecular weight excluding hydrogens is 134 g/mol. The molecule has 2 atom stereocenters. The number of carboxylic acids is 1. The Hall–Kier alpha value is -0.870. The monoisotopic (exact) mass is 143 g/mol. The largest absolute Gasteiger partial charge is 0.478 e. The Bertz CT molecular complexity index is 187. The van der Waals surface area contributed by atoms with E-state index in [-0.39, 0.29) is 5.57 Å². The maximum atomic E-state index is 10.3. The Morgan fingerprint density at radius 3 is 2.60 bits per heavy atom. The lowest BCUT2D eigenvalue weighted by Crippen LogP contribution is -2.33. The third-order valence-electron chi connectivity index (χ3n) is 1.58. The van der Waals surface area contributed by atoms with Crippen molar-refractivity contribution in [3.8, 4) is 0 Å². The molecule has 0 aromatic heterocycles. The number of carbonyl (C=O) groups is 1. The number of nitrogens with two attached hydrogens (primary N) is 1. The summed E-state index contributed by atoms with van der Waals surface area (Å²) in [5.41, 5.74) is 5.36. The molecule has 10 heavy (non-hydrogen) atoms. The average Bonchev–Trinajstić information content (AvgIpc) is 2.14. The highest BCUT2D eigenvalue weighted by atomic mass is 16.4. The minimum atomic E-state index is -1.08. The smallest absolute Gasteiger partial charge is 0.333 e. The summed E-state index contributed by atoms with van der Waals surface area (Å²) >= 11 is 0. The number of aliphatic hydroxyl groups is 1. The molecule has 0 saturated carbocycles. The molecule has 4 heteroatoms. The van der Waals surface area contributed by atoms with E-state index in [0.29, 0.717) is 6.42 Å². The first-order chi connectivity index (χ1) is 4.63. The van der Waals surface area contributed by atoms with Crippen molar-refractivity contribution in [2.45, 2.75) is 18.6 Å². The van der Waals surface area contributed by atoms with Crippen LogP contribution in [-0.2, 0) is 4.79 Å². The molecule has 0 spiro atoms. The van der Waals surface area contributed by atoms with Gasteiger partial charge in [-0.2, -0.15) is 0 Å². The molecule has 0 fully saturated rings. The van der Waals surface area contributed by atoms with Crippen molar-refractivity contribution >= 4 is 5.97 Å². The summed E-state index contributed by atoms with van der Waals surface area (Å²) < 4.78 is 0. The molecule has 0 radical (unpaired) electrons. The van der Waals surface area contributed by atoms with Gasteiger partial charge in [-0.1, -0.05) is 6.08 Å². The van der Waals surface area contributed by atoms with Crippen LogP contribution in [0.25, 0.3) is 0 Å². The predicted molar refractivity (Wildman–Crippen MR) is 34.3 cm³/mol. The van der Waals surface area contributed by atoms with Gasteiger partial charge in [-0.05, 0) is 6.42 Å². The maximum Gasteiger partial charge on any atom is 0.333 e. The second-order valence-corrected chi connectivity index (χ2v) is 2.31. The quantitative estimate of drug-likeness (QED) is 0.443. The van der Waals surface area contributed by atoms with Crippen molar-refractivity contribution in [2.75, 3.05) is 0 Å². The van der Waals surface area contributed by atoms with E-state index in [0.717, 1.165) is 0 Å². The summed E-state index contributed by atoms with van der Waals surface area (Å²) in [6.07, 6.45) is 0.915. The normalized spacial score (nSPS) is 32.0. The van der Waals surface area contributed by atoms with Crippen LogP contribution in [0.1, 0.15) is 6.42 Å². The molecule has 1 rings (SSSR count). The number of carboxylic acid groups (broad SMARTS) is 1. The van der Waals surface area contributed by atoms with Crippen LogP contribution >= 0.6 is 0 Å². The number of aliphatic carboxylic acids is 1. The van der Waals surface area contributed by atoms with Gasteiger partial charge < -0.3 is 15.9 Å². The molecule has 0 saturated heterocycles. The lowest BCUT2D eigenvalue weighted by molar-refractivity contribution is -0.133. The Balaban J connectivity index is 2.72. The van der Waals surface area contributed by atoms with Gasteiger partial charge in [0.05, 0.1) is 5.57 Å². The van der Waals surface area contributed by atoms with Gasteiger partial charge in [0.1, 0.15) is 6.10 Å². The van der Waals surface area contributed by atoms with Crippen LogP contribution in [0.3, 0.4) is 0 Å². The van der Waals surface area contributed by atoms with Gasteiger partial charge in [0, 0.05) is 6.04 Å². The van der Waals surface area contributed by atoms with E-state index in [1.807, 2.05) is 0 Å². The van der Waals surface area contributed by atoms with Crippen molar-refractivity contribution in [2.24, 2.45) is 5.73 Å². The Morgan fingerprint density at radius 2 is 2.40 bits per heavy atom. The van der Waals surface area contributed by atoms with E-state index < -0.39 is 18.1 Å². The highest BCUT2D eigenvalue weighted by Gasteiger charge is 2.28. The van der Waals surface area contributed by atoms with Crippen LogP contribution in [0.2, 0.25) is 0 Å². The van der Waals surface area contributed by atoms with Crippen molar-refractivity contribution in [1.82, 2.24) is 0 Å². The highest BCUT2D eigenvalue weighted by molar-refractivity contribution is 5.88. The standard InChI is InChI=1S/C6H9NO3/c7-4-2-1-3(5(4)8)6(9)10/h1,4-5,8H,2,7H2,(H,9,10)/t4-,5-/m0/s1. The molecule has 0 amide bonds. The summed E-state index contributed by atoms with van der Waals surface area (Å²) in [6, 6.07) is -0.439. The summed E-state index contributed by atoms with van der Waals surface area (Å²) in [5.74, 6) is -1.08. The first kappa shape index (κ1) is 7.24. The van der Waals surface area contributed by atoms with Crippen molar-refractivity contribution < 1.29 is 15.0 Å². The molecule has 4 nitrogen and oxygen atoms in total. The minimum Gasteiger partial charge on any atom is -0.478 e. The summed E-state index contributed by atoms with van der Waals surface area (Å²) in [4.78, 5) is 10.3. The molecule has 1 aliphatic rings. The van der Waals surface area contributed by atoms with Gasteiger partial charge in [0.25, 0.3) is 0 Å². The second kappa shape index (κ2) is 2.40. The predicted octanol–water partition coefficient (Wildman–Crippen LogP) is -0.911. The van der Waals surface area contributed by atoms with E-state index in [4.69, 9.17) is 15.9 Å². The van der Waals surface area contributed by atoms with Crippen LogP contribution in [0.5, 0.6) is 0 Å². The Morgan fingerprint density at radius 1 is 1.80 bits per heavy atom. The molecule has 4 N–H and O–H groups in total. The van der Waals surface area contributed by atoms with Crippen molar-refractivity contribution in [3.05, 3.63) is 11.6 Å². The number of hydrogen-bond donors (Lipinski definition) is 3. The maximum absolute atomic E-state index is 10.3. The van der Waals surface area contributed by atoms with E-state index in [2.05, 4.69) is 0 Å². The van der Waals surface area contributed by atoms with Crippen LogP contribution in [-0.4, -0.2) is 28.3 Å². The van der Waals surface area contributed by atoms with E-state index >= 15 is 0 Å². The van der Waals surface area contributed by atoms with Gasteiger partial charge in [-0.15, -0.1) is 0 Å². The zero-order chi connectivity index (χ0) is 7.72. The van der Waals surface area contributed by atoms with E-state index in [9.17, 15) is 4.79 Å². The van der Waals surface area contributed by atoms with Crippen LogP contribution in [0.15, 0.2) is 11.6 Å². The minimum absolute atomic E-state index is 0.0208. The third-order valence-corrected chi connectivity index (χ3v) is 1.58. The van der Waals surface area contributed by atoms with Gasteiger partial charge in [0.2, 0.25) is 0 Å². The topological polar surface area (TPSA) is 83.6 Å². The molecule has 0 heterocycles. The van der Waals surface area contributed by atoms with Crippen LogP contribution in [0, 0.1) is 0 Å². The SMILES string of the molecule is N[C@H]1CC=C(C(=O)O)[C@@H]1O. The fourth-order valence-electron chi connectivity index (χ4n) is 0.957. The molecule has 1 aliphatic carbocycles. The Labute approximate surface area is 58.0 Å². The first-order valence-electron chi connectivity index (χ1n) is 3.00. The number of hydrogen-bond acceptors (Lipinski definition) is 3. The lowest BCUT2D eigenvalue weighted by atomic mass is 10.1. The second-order valence-electron chi connectivity index (χ2n) is 2.31. The van der Waals surface area contributed by atoms with Gasteiger partial charge in [-0.3, -0.25) is 0 Å². The van der Waals surface area contributed by atoms with Gasteiger partial charge >= 0.3 is 5.97 Å². The first-order valence-corrected chi connectivity index (χ1v) is 3.00. The van der Waals surface area contributed by atoms with Crippen LogP contribution < -0.4 is 5.73 Å². The molecule has 0 unspecified atom stereocenters. The zero-order valence-corrected chi connectivity index (χ0v) is 5.32. The van der Waals surface area contributed by atoms with Crippen molar-refractivity contribution in [1.29, 1.82) is 0 Å². The number of rotatable bonds is 1. The summed E-state index contributed by atoms with van der Waals surface area (Å²) in [6.45, 7) is 0. The van der Waals surface area contributed by atoms with Gasteiger partial charge in [0.15, 0.2) is 0 Å². The average molecular weight is 143 g/mol. The lowest BCUT2D eigenvalue weighted by Gasteiger charge is -2.09. The molecule has 0 aromatic rings. The molecule has 0 aliphatic heterocycles. The Kier molecular flexibility index (Phi) is 1.74. The van der Waals surface area contributed by atoms with E-state index in [1.54, 1.807) is 0 Å².